The topological polar surface area (TPSA) is 66.9 Å². The number of piperidine rings is 1. The molecule has 0 spiro atoms. The first-order chi connectivity index (χ1) is 12.4. The minimum absolute atomic E-state index is 0.0685. The van der Waals surface area contributed by atoms with Crippen LogP contribution in [0.4, 0.5) is 5.69 Å². The van der Waals surface area contributed by atoms with Crippen molar-refractivity contribution in [3.8, 4) is 0 Å². The minimum Gasteiger partial charge on any atom is -0.452 e. The Labute approximate surface area is 154 Å². The van der Waals surface area contributed by atoms with Crippen molar-refractivity contribution in [3.63, 3.8) is 0 Å². The summed E-state index contributed by atoms with van der Waals surface area (Å²) in [6.07, 6.45) is 2.48. The van der Waals surface area contributed by atoms with Crippen molar-refractivity contribution in [1.82, 2.24) is 4.90 Å². The Hall–Kier alpha value is -2.37. The molecule has 0 radical (unpaired) electrons. The number of carbonyl (C=O) groups excluding carboxylic acids is 3. The summed E-state index contributed by atoms with van der Waals surface area (Å²) in [5, 5.41) is 0. The van der Waals surface area contributed by atoms with Gasteiger partial charge in [0.25, 0.3) is 5.91 Å². The molecule has 0 bridgehead atoms. The average Bonchev–Trinajstić information content (AvgIpc) is 3.04. The number of amides is 2. The second-order valence-electron chi connectivity index (χ2n) is 7.52. The van der Waals surface area contributed by atoms with Gasteiger partial charge in [0, 0.05) is 31.7 Å². The van der Waals surface area contributed by atoms with Crippen LogP contribution in [0.25, 0.3) is 0 Å². The van der Waals surface area contributed by atoms with E-state index in [1.54, 1.807) is 28.0 Å². The third kappa shape index (κ3) is 4.23. The SMILES string of the molecule is C[C@@H]1C[C@H](C)CN(C(=O)COC(=O)c2cccc(N3CCCC3=O)c2)C1. The highest BCUT2D eigenvalue weighted by Gasteiger charge is 2.26. The van der Waals surface area contributed by atoms with E-state index in [4.69, 9.17) is 4.74 Å². The van der Waals surface area contributed by atoms with E-state index < -0.39 is 5.97 Å². The molecule has 0 aromatic heterocycles. The van der Waals surface area contributed by atoms with Crippen LogP contribution in [0.1, 0.15) is 43.5 Å². The molecule has 2 aliphatic heterocycles. The van der Waals surface area contributed by atoms with Crippen LogP contribution in [0.2, 0.25) is 0 Å². The number of nitrogens with zero attached hydrogens (tertiary/aromatic N) is 2. The number of anilines is 1. The molecule has 140 valence electrons. The summed E-state index contributed by atoms with van der Waals surface area (Å²) in [4.78, 5) is 40.0. The van der Waals surface area contributed by atoms with Gasteiger partial charge in [-0.05, 0) is 42.9 Å². The van der Waals surface area contributed by atoms with Gasteiger partial charge >= 0.3 is 5.97 Å². The van der Waals surface area contributed by atoms with Crippen LogP contribution < -0.4 is 4.90 Å². The first-order valence-corrected chi connectivity index (χ1v) is 9.29. The standard InChI is InChI=1S/C20H26N2O4/c1-14-9-15(2)12-21(11-14)19(24)13-26-20(25)16-5-3-6-17(10-16)22-8-4-7-18(22)23/h3,5-6,10,14-15H,4,7-9,11-13H2,1-2H3/t14-,15+. The maximum atomic E-state index is 12.3. The molecule has 0 N–H and O–H groups in total. The normalized spacial score (nSPS) is 23.2. The lowest BCUT2D eigenvalue weighted by molar-refractivity contribution is -0.137. The monoisotopic (exact) mass is 358 g/mol. The number of rotatable bonds is 4. The van der Waals surface area contributed by atoms with Gasteiger partial charge in [0.2, 0.25) is 5.91 Å². The fourth-order valence-electron chi connectivity index (χ4n) is 3.89. The highest BCUT2D eigenvalue weighted by Crippen LogP contribution is 2.23. The Morgan fingerprint density at radius 1 is 1.19 bits per heavy atom. The quantitative estimate of drug-likeness (QED) is 0.776. The van der Waals surface area contributed by atoms with Gasteiger partial charge in [0.15, 0.2) is 6.61 Å². The maximum Gasteiger partial charge on any atom is 0.338 e. The number of likely N-dealkylation sites (tertiary alicyclic amines) is 1. The molecular formula is C20H26N2O4. The van der Waals surface area contributed by atoms with Crippen molar-refractivity contribution in [2.75, 3.05) is 31.1 Å². The summed E-state index contributed by atoms with van der Waals surface area (Å²) >= 11 is 0. The second-order valence-corrected chi connectivity index (χ2v) is 7.52. The van der Waals surface area contributed by atoms with E-state index in [9.17, 15) is 14.4 Å². The fourth-order valence-corrected chi connectivity index (χ4v) is 3.89. The van der Waals surface area contributed by atoms with E-state index in [1.165, 1.54) is 0 Å². The Bertz CT molecular complexity index is 693. The molecule has 3 rings (SSSR count). The molecule has 0 saturated carbocycles. The predicted octanol–water partition coefficient (Wildman–Crippen LogP) is 2.47. The first-order valence-electron chi connectivity index (χ1n) is 9.29. The zero-order valence-corrected chi connectivity index (χ0v) is 15.4. The van der Waals surface area contributed by atoms with Crippen LogP contribution in [0.3, 0.4) is 0 Å². The van der Waals surface area contributed by atoms with Crippen molar-refractivity contribution >= 4 is 23.5 Å². The summed E-state index contributed by atoms with van der Waals surface area (Å²) in [7, 11) is 0. The largest absolute Gasteiger partial charge is 0.452 e. The van der Waals surface area contributed by atoms with Gasteiger partial charge < -0.3 is 14.5 Å². The predicted molar refractivity (Wildman–Crippen MR) is 97.8 cm³/mol. The molecule has 2 amide bonds. The zero-order chi connectivity index (χ0) is 18.7. The van der Waals surface area contributed by atoms with Gasteiger partial charge in [-0.15, -0.1) is 0 Å². The van der Waals surface area contributed by atoms with Crippen molar-refractivity contribution in [2.24, 2.45) is 11.8 Å². The molecule has 2 saturated heterocycles. The Kier molecular flexibility index (Phi) is 5.59. The van der Waals surface area contributed by atoms with Gasteiger partial charge in [-0.3, -0.25) is 9.59 Å². The Morgan fingerprint density at radius 2 is 1.92 bits per heavy atom. The molecule has 2 aliphatic rings. The van der Waals surface area contributed by atoms with Gasteiger partial charge in [0.1, 0.15) is 0 Å². The number of ether oxygens (including phenoxy) is 1. The van der Waals surface area contributed by atoms with Crippen molar-refractivity contribution in [3.05, 3.63) is 29.8 Å². The third-order valence-electron chi connectivity index (χ3n) is 5.02. The molecule has 6 nitrogen and oxygen atoms in total. The number of carbonyl (C=O) groups is 3. The molecule has 0 aliphatic carbocycles. The number of esters is 1. The van der Waals surface area contributed by atoms with E-state index in [2.05, 4.69) is 13.8 Å². The number of hydrogen-bond donors (Lipinski definition) is 0. The van der Waals surface area contributed by atoms with E-state index in [1.807, 2.05) is 6.07 Å². The maximum absolute atomic E-state index is 12.3. The molecule has 6 heteroatoms. The van der Waals surface area contributed by atoms with Crippen LogP contribution in [0, 0.1) is 11.8 Å². The molecular weight excluding hydrogens is 332 g/mol. The molecule has 0 unspecified atom stereocenters. The summed E-state index contributed by atoms with van der Waals surface area (Å²) in [6.45, 7) is 6.12. The van der Waals surface area contributed by atoms with Gasteiger partial charge in [-0.1, -0.05) is 19.9 Å². The van der Waals surface area contributed by atoms with Gasteiger partial charge in [-0.25, -0.2) is 4.79 Å². The Morgan fingerprint density at radius 3 is 2.58 bits per heavy atom. The van der Waals surface area contributed by atoms with Gasteiger partial charge in [0.05, 0.1) is 5.56 Å². The molecule has 2 atom stereocenters. The lowest BCUT2D eigenvalue weighted by atomic mass is 9.92. The highest BCUT2D eigenvalue weighted by molar-refractivity contribution is 5.97. The van der Waals surface area contributed by atoms with Crippen LogP contribution in [0.15, 0.2) is 24.3 Å². The fraction of sp³-hybridized carbons (Fsp3) is 0.550. The van der Waals surface area contributed by atoms with Crippen LogP contribution >= 0.6 is 0 Å². The van der Waals surface area contributed by atoms with Gasteiger partial charge in [-0.2, -0.15) is 0 Å². The number of benzene rings is 1. The van der Waals surface area contributed by atoms with Crippen LogP contribution in [-0.4, -0.2) is 48.9 Å². The third-order valence-corrected chi connectivity index (χ3v) is 5.02. The van der Waals surface area contributed by atoms with Crippen molar-refractivity contribution in [1.29, 1.82) is 0 Å². The van der Waals surface area contributed by atoms with Crippen molar-refractivity contribution in [2.45, 2.75) is 33.1 Å². The molecule has 1 aromatic rings. The number of hydrogen-bond acceptors (Lipinski definition) is 4. The Balaban J connectivity index is 1.58. The van der Waals surface area contributed by atoms with E-state index >= 15 is 0 Å². The van der Waals surface area contributed by atoms with E-state index in [0.717, 1.165) is 12.8 Å². The lowest BCUT2D eigenvalue weighted by Crippen LogP contribution is -2.44. The highest BCUT2D eigenvalue weighted by atomic mass is 16.5. The van der Waals surface area contributed by atoms with Crippen LogP contribution in [0.5, 0.6) is 0 Å². The zero-order valence-electron chi connectivity index (χ0n) is 15.4. The summed E-state index contributed by atoms with van der Waals surface area (Å²) < 4.78 is 5.22. The molecule has 2 fully saturated rings. The van der Waals surface area contributed by atoms with E-state index in [0.29, 0.717) is 49.1 Å². The second kappa shape index (κ2) is 7.89. The minimum atomic E-state index is -0.537. The van der Waals surface area contributed by atoms with Crippen LogP contribution in [-0.2, 0) is 14.3 Å². The lowest BCUT2D eigenvalue weighted by Gasteiger charge is -2.34. The average molecular weight is 358 g/mol. The summed E-state index contributed by atoms with van der Waals surface area (Å²) in [6, 6.07) is 6.83. The summed E-state index contributed by atoms with van der Waals surface area (Å²) in [5.74, 6) is 0.313. The summed E-state index contributed by atoms with van der Waals surface area (Å²) in [5.41, 5.74) is 1.06. The molecule has 2 heterocycles. The van der Waals surface area contributed by atoms with Crippen molar-refractivity contribution < 1.29 is 19.1 Å². The molecule has 26 heavy (non-hydrogen) atoms. The first kappa shape index (κ1) is 18.4. The smallest absolute Gasteiger partial charge is 0.338 e. The van der Waals surface area contributed by atoms with E-state index in [-0.39, 0.29) is 18.4 Å². The molecule has 1 aromatic carbocycles.